The fourth-order valence-electron chi connectivity index (χ4n) is 2.70. The molecule has 0 spiro atoms. The van der Waals surface area contributed by atoms with Crippen molar-refractivity contribution >= 4 is 34.9 Å². The molecule has 1 saturated carbocycles. The van der Waals surface area contributed by atoms with Gasteiger partial charge in [0.25, 0.3) is 0 Å². The van der Waals surface area contributed by atoms with Gasteiger partial charge in [-0.1, -0.05) is 12.1 Å². The zero-order chi connectivity index (χ0) is 18.2. The first-order valence-corrected chi connectivity index (χ1v) is 8.49. The van der Waals surface area contributed by atoms with Crippen LogP contribution in [-0.4, -0.2) is 34.2 Å². The smallest absolute Gasteiger partial charge is 0.234 e. The molecule has 1 unspecified atom stereocenters. The summed E-state index contributed by atoms with van der Waals surface area (Å²) in [4.78, 5) is 12.5. The van der Waals surface area contributed by atoms with Crippen LogP contribution in [0.4, 0.5) is 5.82 Å². The summed E-state index contributed by atoms with van der Waals surface area (Å²) in [5.41, 5.74) is 0.0847. The maximum atomic E-state index is 12.5. The van der Waals surface area contributed by atoms with Crippen LogP contribution in [-0.2, 0) is 11.3 Å². The maximum absolute atomic E-state index is 12.5. The first-order valence-electron chi connectivity index (χ1n) is 7.73. The van der Waals surface area contributed by atoms with Crippen LogP contribution in [0.2, 0.25) is 0 Å². The normalized spacial score (nSPS) is 20.8. The molecule has 25 heavy (non-hydrogen) atoms. The first-order chi connectivity index (χ1) is 11.8. The second-order valence-electron chi connectivity index (χ2n) is 6.19. The number of carbonyl (C=O) groups excluding carboxylic acids is 1. The molecule has 0 aliphatic heterocycles. The van der Waals surface area contributed by atoms with Gasteiger partial charge in [-0.2, -0.15) is 5.10 Å². The highest BCUT2D eigenvalue weighted by Gasteiger charge is 2.68. The molecule has 1 aromatic heterocycles. The van der Waals surface area contributed by atoms with E-state index >= 15 is 0 Å². The number of methoxy groups -OCH3 is 2. The number of hydrogen-bond donors (Lipinski definition) is 1. The number of anilines is 1. The number of para-hydroxylation sites is 1. The van der Waals surface area contributed by atoms with Crippen LogP contribution in [0, 0.1) is 5.41 Å². The minimum absolute atomic E-state index is 0.225. The fourth-order valence-corrected chi connectivity index (χ4v) is 3.41. The molecule has 6 nitrogen and oxygen atoms in total. The van der Waals surface area contributed by atoms with Crippen LogP contribution in [0.15, 0.2) is 30.5 Å². The molecule has 1 aliphatic rings. The molecule has 8 heteroatoms. The number of aromatic nitrogens is 2. The van der Waals surface area contributed by atoms with Crippen molar-refractivity contribution in [1.82, 2.24) is 9.78 Å². The van der Waals surface area contributed by atoms with Crippen LogP contribution in [0.3, 0.4) is 0 Å². The predicted octanol–water partition coefficient (Wildman–Crippen LogP) is 3.47. The zero-order valence-electron chi connectivity index (χ0n) is 14.2. The van der Waals surface area contributed by atoms with Crippen LogP contribution < -0.4 is 14.8 Å². The van der Waals surface area contributed by atoms with Crippen molar-refractivity contribution in [3.8, 4) is 11.5 Å². The van der Waals surface area contributed by atoms with Gasteiger partial charge in [0.15, 0.2) is 11.5 Å². The third-order valence-corrected chi connectivity index (χ3v) is 5.62. The lowest BCUT2D eigenvalue weighted by Crippen LogP contribution is -2.27. The van der Waals surface area contributed by atoms with Crippen molar-refractivity contribution in [2.45, 2.75) is 24.2 Å². The Morgan fingerprint density at radius 1 is 1.32 bits per heavy atom. The Bertz CT molecular complexity index is 806. The average molecular weight is 384 g/mol. The molecule has 2 aromatic rings. The van der Waals surface area contributed by atoms with Gasteiger partial charge in [-0.25, -0.2) is 4.68 Å². The number of carbonyl (C=O) groups is 1. The van der Waals surface area contributed by atoms with Crippen molar-refractivity contribution in [3.63, 3.8) is 0 Å². The Labute approximate surface area is 156 Å². The summed E-state index contributed by atoms with van der Waals surface area (Å²) in [6, 6.07) is 7.33. The Kier molecular flexibility index (Phi) is 4.60. The van der Waals surface area contributed by atoms with E-state index in [4.69, 9.17) is 32.7 Å². The second-order valence-corrected chi connectivity index (χ2v) is 7.68. The maximum Gasteiger partial charge on any atom is 0.234 e. The molecular formula is C17H19Cl2N3O3. The monoisotopic (exact) mass is 383 g/mol. The van der Waals surface area contributed by atoms with E-state index in [2.05, 4.69) is 10.4 Å². The molecular weight excluding hydrogens is 365 g/mol. The molecule has 1 heterocycles. The number of ether oxygens (including phenoxy) is 2. The highest BCUT2D eigenvalue weighted by molar-refractivity contribution is 6.53. The van der Waals surface area contributed by atoms with Crippen LogP contribution in [0.1, 0.15) is 18.9 Å². The third kappa shape index (κ3) is 3.16. The summed E-state index contributed by atoms with van der Waals surface area (Å²) in [5, 5.41) is 7.13. The number of rotatable bonds is 6. The minimum Gasteiger partial charge on any atom is -0.493 e. The lowest BCUT2D eigenvalue weighted by molar-refractivity contribution is -0.120. The van der Waals surface area contributed by atoms with Crippen molar-refractivity contribution in [2.75, 3.05) is 19.5 Å². The van der Waals surface area contributed by atoms with Crippen molar-refractivity contribution < 1.29 is 14.3 Å². The lowest BCUT2D eigenvalue weighted by atomic mass is 10.1. The Morgan fingerprint density at radius 2 is 2.04 bits per heavy atom. The zero-order valence-corrected chi connectivity index (χ0v) is 15.7. The highest BCUT2D eigenvalue weighted by Crippen LogP contribution is 2.64. The van der Waals surface area contributed by atoms with E-state index in [9.17, 15) is 4.79 Å². The summed E-state index contributed by atoms with van der Waals surface area (Å²) >= 11 is 12.2. The Morgan fingerprint density at radius 3 is 2.64 bits per heavy atom. The standard InChI is InChI=1S/C17H19Cl2N3O3/c1-16(10-17(16,18)19)15(23)21-13-7-8-20-22(13)9-11-5-4-6-12(24-2)14(11)25-3/h4-8H,9-10H2,1-3H3,(H,21,23). The molecule has 1 aromatic carbocycles. The minimum atomic E-state index is -1.02. The van der Waals surface area contributed by atoms with E-state index in [-0.39, 0.29) is 5.91 Å². The molecule has 0 radical (unpaired) electrons. The molecule has 1 amide bonds. The number of nitrogens with one attached hydrogen (secondary N) is 1. The summed E-state index contributed by atoms with van der Waals surface area (Å²) in [6.07, 6.45) is 2.04. The van der Waals surface area contributed by atoms with E-state index in [1.165, 1.54) is 0 Å². The second kappa shape index (κ2) is 6.42. The molecule has 1 N–H and O–H groups in total. The van der Waals surface area contributed by atoms with Gasteiger partial charge in [-0.05, 0) is 19.4 Å². The van der Waals surface area contributed by atoms with Crippen molar-refractivity contribution in [2.24, 2.45) is 5.41 Å². The van der Waals surface area contributed by atoms with Gasteiger partial charge in [-0.3, -0.25) is 4.79 Å². The number of alkyl halides is 2. The Hall–Kier alpha value is -1.92. The number of benzene rings is 1. The molecule has 1 fully saturated rings. The van der Waals surface area contributed by atoms with Crippen molar-refractivity contribution in [1.29, 1.82) is 0 Å². The van der Waals surface area contributed by atoms with E-state index in [0.29, 0.717) is 30.3 Å². The SMILES string of the molecule is COc1cccc(Cn2nccc2NC(=O)C2(C)CC2(Cl)Cl)c1OC. The van der Waals surface area contributed by atoms with Gasteiger partial charge in [0.2, 0.25) is 5.91 Å². The highest BCUT2D eigenvalue weighted by atomic mass is 35.5. The van der Waals surface area contributed by atoms with Gasteiger partial charge >= 0.3 is 0 Å². The molecule has 3 rings (SSSR count). The molecule has 0 saturated heterocycles. The van der Waals surface area contributed by atoms with Crippen LogP contribution in [0.5, 0.6) is 11.5 Å². The number of halogens is 2. The lowest BCUT2D eigenvalue weighted by Gasteiger charge is -2.16. The predicted molar refractivity (Wildman–Crippen MR) is 96.7 cm³/mol. The van der Waals surface area contributed by atoms with E-state index in [0.717, 1.165) is 5.56 Å². The average Bonchev–Trinajstić information content (AvgIpc) is 2.90. The summed E-state index contributed by atoms with van der Waals surface area (Å²) in [7, 11) is 3.17. The van der Waals surface area contributed by atoms with E-state index in [1.807, 2.05) is 18.2 Å². The van der Waals surface area contributed by atoms with Crippen LogP contribution in [0.25, 0.3) is 0 Å². The molecule has 0 bridgehead atoms. The summed E-state index contributed by atoms with van der Waals surface area (Å²) < 4.78 is 11.4. The van der Waals surface area contributed by atoms with Gasteiger partial charge in [-0.15, -0.1) is 23.2 Å². The number of nitrogens with zero attached hydrogens (tertiary/aromatic N) is 2. The third-order valence-electron chi connectivity index (χ3n) is 4.52. The molecule has 134 valence electrons. The quantitative estimate of drug-likeness (QED) is 0.775. The van der Waals surface area contributed by atoms with E-state index in [1.54, 1.807) is 38.1 Å². The van der Waals surface area contributed by atoms with Gasteiger partial charge in [0, 0.05) is 11.6 Å². The van der Waals surface area contributed by atoms with Gasteiger partial charge < -0.3 is 14.8 Å². The Balaban J connectivity index is 1.81. The summed E-state index contributed by atoms with van der Waals surface area (Å²) in [6.45, 7) is 2.15. The topological polar surface area (TPSA) is 65.4 Å². The largest absolute Gasteiger partial charge is 0.493 e. The van der Waals surface area contributed by atoms with Crippen LogP contribution >= 0.6 is 23.2 Å². The van der Waals surface area contributed by atoms with Crippen molar-refractivity contribution in [3.05, 3.63) is 36.0 Å². The van der Waals surface area contributed by atoms with Gasteiger partial charge in [0.1, 0.15) is 10.2 Å². The molecule has 1 aliphatic carbocycles. The van der Waals surface area contributed by atoms with Gasteiger partial charge in [0.05, 0.1) is 32.4 Å². The molecule has 1 atom stereocenters. The number of hydrogen-bond acceptors (Lipinski definition) is 4. The summed E-state index contributed by atoms with van der Waals surface area (Å²) in [5.74, 6) is 1.61. The number of amides is 1. The fraction of sp³-hybridized carbons (Fsp3) is 0.412. The first kappa shape index (κ1) is 17.9. The van der Waals surface area contributed by atoms with E-state index < -0.39 is 9.75 Å².